The van der Waals surface area contributed by atoms with E-state index in [1.807, 2.05) is 0 Å². The molecule has 0 saturated heterocycles. The number of alkyl halides is 2. The van der Waals surface area contributed by atoms with Crippen LogP contribution in [0.1, 0.15) is 34.4 Å². The summed E-state index contributed by atoms with van der Waals surface area (Å²) in [7, 11) is 0. The average Bonchev–Trinajstić information content (AvgIpc) is 3.14. The number of fused-ring (bicyclic) bond motifs is 1. The fraction of sp³-hybridized carbons (Fsp3) is 0.231. The first-order valence-electron chi connectivity index (χ1n) is 11.1. The van der Waals surface area contributed by atoms with Crippen molar-refractivity contribution in [2.75, 3.05) is 0 Å². The first kappa shape index (κ1) is 24.8. The largest absolute Gasteiger partial charge is 0.454 e. The second kappa shape index (κ2) is 10.1. The Morgan fingerprint density at radius 2 is 1.72 bits per heavy atom. The molecule has 36 heavy (non-hydrogen) atoms. The standard InChI is InChI=1S/C26H23F2N3O5/c1-14-12-21(15(2)31(14)17-8-10-18(11-9-17)36-26(27)28)24(33)16(3)35-23(32)13-22-19-6-4-5-7-20(19)25(34)30-29-22/h4-12,16,26H,13H2,1-3H3,(H,30,34). The van der Waals surface area contributed by atoms with Crippen LogP contribution in [0.25, 0.3) is 16.5 Å². The Bertz CT molecular complexity index is 1490. The van der Waals surface area contributed by atoms with E-state index in [1.54, 1.807) is 60.9 Å². The number of benzene rings is 2. The molecular weight excluding hydrogens is 472 g/mol. The van der Waals surface area contributed by atoms with Gasteiger partial charge in [0, 0.05) is 28.0 Å². The molecule has 0 fully saturated rings. The van der Waals surface area contributed by atoms with Gasteiger partial charge in [0.25, 0.3) is 5.56 Å². The first-order valence-corrected chi connectivity index (χ1v) is 11.1. The molecule has 1 atom stereocenters. The smallest absolute Gasteiger partial charge is 0.387 e. The quantitative estimate of drug-likeness (QED) is 0.289. The molecule has 4 aromatic rings. The molecule has 2 heterocycles. The van der Waals surface area contributed by atoms with Crippen molar-refractivity contribution in [3.05, 3.63) is 87.6 Å². The second-order valence-corrected chi connectivity index (χ2v) is 8.21. The van der Waals surface area contributed by atoms with Gasteiger partial charge in [0.05, 0.1) is 17.5 Å². The van der Waals surface area contributed by atoms with E-state index in [1.165, 1.54) is 19.1 Å². The lowest BCUT2D eigenvalue weighted by atomic mass is 10.1. The van der Waals surface area contributed by atoms with E-state index < -0.39 is 18.7 Å². The summed E-state index contributed by atoms with van der Waals surface area (Å²) in [6, 6.07) is 14.5. The second-order valence-electron chi connectivity index (χ2n) is 8.21. The number of H-pyrrole nitrogens is 1. The van der Waals surface area contributed by atoms with E-state index in [9.17, 15) is 23.2 Å². The number of aryl methyl sites for hydroxylation is 1. The van der Waals surface area contributed by atoms with Crippen molar-refractivity contribution < 1.29 is 27.8 Å². The van der Waals surface area contributed by atoms with E-state index in [0.29, 0.717) is 33.4 Å². The summed E-state index contributed by atoms with van der Waals surface area (Å²) in [5.41, 5.74) is 2.35. The number of halogens is 2. The summed E-state index contributed by atoms with van der Waals surface area (Å²) in [6.07, 6.45) is -1.29. The van der Waals surface area contributed by atoms with Gasteiger partial charge in [-0.05, 0) is 57.2 Å². The summed E-state index contributed by atoms with van der Waals surface area (Å²) in [5, 5.41) is 7.27. The highest BCUT2D eigenvalue weighted by Gasteiger charge is 2.25. The number of aromatic amines is 1. The van der Waals surface area contributed by atoms with Crippen LogP contribution in [-0.2, 0) is 16.0 Å². The number of nitrogens with zero attached hydrogens (tertiary/aromatic N) is 2. The number of rotatable bonds is 8. The third-order valence-corrected chi connectivity index (χ3v) is 5.78. The number of hydrogen-bond acceptors (Lipinski definition) is 6. The van der Waals surface area contributed by atoms with Crippen molar-refractivity contribution >= 4 is 22.5 Å². The number of esters is 1. The third kappa shape index (κ3) is 5.02. The van der Waals surface area contributed by atoms with Crippen molar-refractivity contribution in [1.29, 1.82) is 0 Å². The Labute approximate surface area is 204 Å². The van der Waals surface area contributed by atoms with E-state index in [-0.39, 0.29) is 23.5 Å². The van der Waals surface area contributed by atoms with Gasteiger partial charge in [-0.3, -0.25) is 14.4 Å². The fourth-order valence-corrected chi connectivity index (χ4v) is 4.14. The van der Waals surface area contributed by atoms with Crippen LogP contribution in [-0.4, -0.2) is 39.2 Å². The highest BCUT2D eigenvalue weighted by atomic mass is 19.3. The lowest BCUT2D eigenvalue weighted by molar-refractivity contribution is -0.145. The summed E-state index contributed by atoms with van der Waals surface area (Å²) in [4.78, 5) is 37.7. The van der Waals surface area contributed by atoms with Crippen molar-refractivity contribution in [3.8, 4) is 11.4 Å². The molecule has 2 aromatic carbocycles. The zero-order chi connectivity index (χ0) is 26.0. The Hall–Kier alpha value is -4.34. The molecule has 10 heteroatoms. The molecule has 0 aliphatic heterocycles. The normalized spacial score (nSPS) is 12.1. The maximum Gasteiger partial charge on any atom is 0.387 e. The van der Waals surface area contributed by atoms with Gasteiger partial charge < -0.3 is 14.0 Å². The molecule has 2 aromatic heterocycles. The lowest BCUT2D eigenvalue weighted by Gasteiger charge is -2.14. The van der Waals surface area contributed by atoms with Gasteiger partial charge in [0.15, 0.2) is 6.10 Å². The third-order valence-electron chi connectivity index (χ3n) is 5.78. The number of carbonyl (C=O) groups excluding carboxylic acids is 2. The summed E-state index contributed by atoms with van der Waals surface area (Å²) in [6.45, 7) is 2.12. The number of ether oxygens (including phenoxy) is 2. The van der Waals surface area contributed by atoms with Crippen molar-refractivity contribution in [1.82, 2.24) is 14.8 Å². The van der Waals surface area contributed by atoms with Crippen molar-refractivity contribution in [2.45, 2.75) is 39.9 Å². The van der Waals surface area contributed by atoms with Crippen LogP contribution in [0.4, 0.5) is 8.78 Å². The molecular formula is C26H23F2N3O5. The Balaban J connectivity index is 1.50. The summed E-state index contributed by atoms with van der Waals surface area (Å²) >= 11 is 0. The first-order chi connectivity index (χ1) is 17.2. The number of Topliss-reactive ketones (excluding diaryl/α,β-unsaturated/α-hetero) is 1. The SMILES string of the molecule is Cc1cc(C(=O)C(C)OC(=O)Cc2n[nH]c(=O)c3ccccc23)c(C)n1-c1ccc(OC(F)F)cc1. The molecule has 0 amide bonds. The van der Waals surface area contributed by atoms with Crippen molar-refractivity contribution in [3.63, 3.8) is 0 Å². The predicted octanol–water partition coefficient (Wildman–Crippen LogP) is 4.29. The van der Waals surface area contributed by atoms with E-state index in [0.717, 1.165) is 5.69 Å². The predicted molar refractivity (Wildman–Crippen MR) is 128 cm³/mol. The summed E-state index contributed by atoms with van der Waals surface area (Å²) in [5.74, 6) is -1.03. The van der Waals surface area contributed by atoms with Gasteiger partial charge in [-0.1, -0.05) is 18.2 Å². The van der Waals surface area contributed by atoms with Crippen LogP contribution < -0.4 is 10.3 Å². The highest BCUT2D eigenvalue weighted by Crippen LogP contribution is 2.25. The van der Waals surface area contributed by atoms with Gasteiger partial charge in [0.1, 0.15) is 5.75 Å². The maximum atomic E-state index is 13.1. The van der Waals surface area contributed by atoms with E-state index in [2.05, 4.69) is 14.9 Å². The number of ketones is 1. The maximum absolute atomic E-state index is 13.1. The fourth-order valence-electron chi connectivity index (χ4n) is 4.14. The molecule has 8 nitrogen and oxygen atoms in total. The lowest BCUT2D eigenvalue weighted by Crippen LogP contribution is -2.26. The molecule has 0 saturated carbocycles. The molecule has 0 radical (unpaired) electrons. The molecule has 0 spiro atoms. The van der Waals surface area contributed by atoms with Gasteiger partial charge in [0.2, 0.25) is 5.78 Å². The molecule has 1 unspecified atom stereocenters. The molecule has 1 N–H and O–H groups in total. The van der Waals surface area contributed by atoms with E-state index >= 15 is 0 Å². The number of aromatic nitrogens is 3. The zero-order valence-electron chi connectivity index (χ0n) is 19.7. The molecule has 0 aliphatic carbocycles. The minimum Gasteiger partial charge on any atom is -0.454 e. The van der Waals surface area contributed by atoms with E-state index in [4.69, 9.17) is 4.74 Å². The van der Waals surface area contributed by atoms with Crippen LogP contribution in [0.3, 0.4) is 0 Å². The van der Waals surface area contributed by atoms with Crippen LogP contribution in [0, 0.1) is 13.8 Å². The molecule has 4 rings (SSSR count). The van der Waals surface area contributed by atoms with Gasteiger partial charge >= 0.3 is 12.6 Å². The van der Waals surface area contributed by atoms with Crippen LogP contribution in [0.5, 0.6) is 5.75 Å². The number of nitrogens with one attached hydrogen (secondary N) is 1. The molecule has 186 valence electrons. The summed E-state index contributed by atoms with van der Waals surface area (Å²) < 4.78 is 36.4. The van der Waals surface area contributed by atoms with Crippen LogP contribution >= 0.6 is 0 Å². The van der Waals surface area contributed by atoms with Gasteiger partial charge in [-0.25, -0.2) is 5.10 Å². The molecule has 0 bridgehead atoms. The monoisotopic (exact) mass is 495 g/mol. The average molecular weight is 495 g/mol. The number of carbonyl (C=O) groups is 2. The van der Waals surface area contributed by atoms with Crippen molar-refractivity contribution in [2.24, 2.45) is 0 Å². The Morgan fingerprint density at radius 1 is 1.06 bits per heavy atom. The topological polar surface area (TPSA) is 103 Å². The Morgan fingerprint density at radius 3 is 2.39 bits per heavy atom. The molecule has 0 aliphatic rings. The van der Waals surface area contributed by atoms with Crippen LogP contribution in [0.2, 0.25) is 0 Å². The van der Waals surface area contributed by atoms with Gasteiger partial charge in [-0.2, -0.15) is 13.9 Å². The number of hydrogen-bond donors (Lipinski definition) is 1. The van der Waals surface area contributed by atoms with Gasteiger partial charge in [-0.15, -0.1) is 0 Å². The Kier molecular flexibility index (Phi) is 6.96. The minimum absolute atomic E-state index is 0.0257. The van der Waals surface area contributed by atoms with Crippen LogP contribution in [0.15, 0.2) is 59.4 Å². The minimum atomic E-state index is -2.92. The highest BCUT2D eigenvalue weighted by molar-refractivity contribution is 6.01. The zero-order valence-corrected chi connectivity index (χ0v) is 19.7.